The lowest BCUT2D eigenvalue weighted by Crippen LogP contribution is -2.18. The molecule has 2 saturated carbocycles. The van der Waals surface area contributed by atoms with Crippen LogP contribution in [0.5, 0.6) is 0 Å². The van der Waals surface area contributed by atoms with Crippen LogP contribution in [0.1, 0.15) is 36.0 Å². The molecule has 0 radical (unpaired) electrons. The number of nitro groups is 1. The van der Waals surface area contributed by atoms with Crippen LogP contribution < -0.4 is 5.32 Å². The van der Waals surface area contributed by atoms with Crippen molar-refractivity contribution in [1.29, 1.82) is 0 Å². The van der Waals surface area contributed by atoms with Gasteiger partial charge in [0.1, 0.15) is 0 Å². The number of nitrogens with one attached hydrogen (secondary N) is 1. The Labute approximate surface area is 115 Å². The van der Waals surface area contributed by atoms with E-state index in [1.165, 1.54) is 37.8 Å². The second-order valence-corrected chi connectivity index (χ2v) is 5.78. The van der Waals surface area contributed by atoms with Crippen molar-refractivity contribution in [2.24, 2.45) is 11.3 Å². The lowest BCUT2D eigenvalue weighted by Gasteiger charge is -2.17. The van der Waals surface area contributed by atoms with E-state index >= 15 is 0 Å². The highest BCUT2D eigenvalue weighted by molar-refractivity contribution is 5.95. The molecular weight excluding hydrogens is 260 g/mol. The van der Waals surface area contributed by atoms with Crippen LogP contribution in [-0.4, -0.2) is 22.5 Å². The summed E-state index contributed by atoms with van der Waals surface area (Å²) in [7, 11) is 0. The molecule has 2 aliphatic rings. The summed E-state index contributed by atoms with van der Waals surface area (Å²) in [5.41, 5.74) is 0.578. The Bertz CT molecular complexity index is 577. The van der Waals surface area contributed by atoms with E-state index < -0.39 is 10.9 Å². The van der Waals surface area contributed by atoms with Gasteiger partial charge in [0, 0.05) is 24.4 Å². The average Bonchev–Trinajstić information content (AvgIpc) is 3.27. The second-order valence-electron chi connectivity index (χ2n) is 5.78. The van der Waals surface area contributed by atoms with Gasteiger partial charge in [-0.05, 0) is 43.1 Å². The van der Waals surface area contributed by atoms with E-state index in [-0.39, 0.29) is 11.3 Å². The Morgan fingerprint density at radius 3 is 2.65 bits per heavy atom. The summed E-state index contributed by atoms with van der Waals surface area (Å²) >= 11 is 0. The molecule has 0 bridgehead atoms. The summed E-state index contributed by atoms with van der Waals surface area (Å²) in [4.78, 5) is 21.3. The first-order valence-corrected chi connectivity index (χ1v) is 6.77. The van der Waals surface area contributed by atoms with Crippen molar-refractivity contribution in [2.45, 2.75) is 25.7 Å². The summed E-state index contributed by atoms with van der Waals surface area (Å²) < 4.78 is 0. The first kappa shape index (κ1) is 12.9. The molecule has 6 nitrogen and oxygen atoms in total. The summed E-state index contributed by atoms with van der Waals surface area (Å²) in [6, 6.07) is 3.94. The maximum absolute atomic E-state index is 11.2. The molecular formula is C14H16N2O4. The zero-order valence-electron chi connectivity index (χ0n) is 11.0. The molecule has 0 atom stereocenters. The number of hydrogen-bond donors (Lipinski definition) is 2. The van der Waals surface area contributed by atoms with E-state index in [9.17, 15) is 20.0 Å². The number of aromatic carboxylic acids is 1. The average molecular weight is 276 g/mol. The van der Waals surface area contributed by atoms with Crippen LogP contribution >= 0.6 is 0 Å². The number of non-ortho nitro benzene ring substituents is 1. The number of carbonyl (C=O) groups is 1. The Hall–Kier alpha value is -2.11. The minimum Gasteiger partial charge on any atom is -0.478 e. The van der Waals surface area contributed by atoms with Crippen LogP contribution in [0.3, 0.4) is 0 Å². The normalized spacial score (nSPS) is 19.4. The van der Waals surface area contributed by atoms with Gasteiger partial charge >= 0.3 is 5.97 Å². The van der Waals surface area contributed by atoms with Crippen LogP contribution in [0.15, 0.2) is 18.2 Å². The predicted octanol–water partition coefficient (Wildman–Crippen LogP) is 2.90. The fraction of sp³-hybridized carbons (Fsp3) is 0.500. The van der Waals surface area contributed by atoms with E-state index in [0.717, 1.165) is 18.5 Å². The highest BCUT2D eigenvalue weighted by Gasteiger charge is 2.53. The molecule has 0 spiro atoms. The monoisotopic (exact) mass is 276 g/mol. The van der Waals surface area contributed by atoms with Gasteiger partial charge in [-0.15, -0.1) is 0 Å². The van der Waals surface area contributed by atoms with Gasteiger partial charge in [-0.1, -0.05) is 0 Å². The third-order valence-electron chi connectivity index (χ3n) is 4.41. The first-order chi connectivity index (χ1) is 9.52. The summed E-state index contributed by atoms with van der Waals surface area (Å²) in [5, 5.41) is 23.1. The SMILES string of the molecule is O=C(O)c1cc([N+](=O)[O-])ccc1NCC1(C2CC2)CC1. The van der Waals surface area contributed by atoms with Crippen LogP contribution in [0.2, 0.25) is 0 Å². The van der Waals surface area contributed by atoms with Crippen LogP contribution in [-0.2, 0) is 0 Å². The molecule has 0 amide bonds. The Morgan fingerprint density at radius 1 is 1.45 bits per heavy atom. The van der Waals surface area contributed by atoms with E-state index in [2.05, 4.69) is 5.32 Å². The highest BCUT2D eigenvalue weighted by Crippen LogP contribution is 2.61. The van der Waals surface area contributed by atoms with Gasteiger partial charge in [0.2, 0.25) is 0 Å². The molecule has 1 aromatic carbocycles. The molecule has 0 heterocycles. The molecule has 1 aromatic rings. The number of benzene rings is 1. The minimum absolute atomic E-state index is 0.0363. The van der Waals surface area contributed by atoms with Crippen molar-refractivity contribution in [3.63, 3.8) is 0 Å². The smallest absolute Gasteiger partial charge is 0.338 e. The summed E-state index contributed by atoms with van der Waals surface area (Å²) in [6.45, 7) is 0.760. The van der Waals surface area contributed by atoms with Crippen LogP contribution in [0.4, 0.5) is 11.4 Å². The molecule has 0 saturated heterocycles. The largest absolute Gasteiger partial charge is 0.478 e. The minimum atomic E-state index is -1.15. The fourth-order valence-electron chi connectivity index (χ4n) is 2.83. The molecule has 106 valence electrons. The maximum Gasteiger partial charge on any atom is 0.338 e. The number of carboxylic acid groups (broad SMARTS) is 1. The molecule has 2 N–H and O–H groups in total. The number of nitro benzene ring substituents is 1. The summed E-state index contributed by atoms with van der Waals surface area (Å²) in [6.07, 6.45) is 4.93. The Balaban J connectivity index is 1.78. The lowest BCUT2D eigenvalue weighted by molar-refractivity contribution is -0.384. The molecule has 0 aromatic heterocycles. The van der Waals surface area contributed by atoms with Gasteiger partial charge in [0.05, 0.1) is 10.5 Å². The second kappa shape index (κ2) is 4.47. The standard InChI is InChI=1S/C14H16N2O4/c17-13(18)11-7-10(16(19)20)3-4-12(11)15-8-14(5-6-14)9-1-2-9/h3-4,7,9,15H,1-2,5-6,8H2,(H,17,18). The molecule has 3 rings (SSSR count). The number of rotatable bonds is 6. The van der Waals surface area contributed by atoms with Crippen molar-refractivity contribution in [1.82, 2.24) is 0 Å². The number of anilines is 1. The van der Waals surface area contributed by atoms with E-state index in [1.807, 2.05) is 0 Å². The maximum atomic E-state index is 11.2. The number of carboxylic acids is 1. The predicted molar refractivity (Wildman–Crippen MR) is 72.9 cm³/mol. The van der Waals surface area contributed by atoms with Gasteiger partial charge in [-0.25, -0.2) is 4.79 Å². The van der Waals surface area contributed by atoms with E-state index in [1.54, 1.807) is 0 Å². The third kappa shape index (κ3) is 2.33. The molecule has 20 heavy (non-hydrogen) atoms. The fourth-order valence-corrected chi connectivity index (χ4v) is 2.83. The molecule has 0 aliphatic heterocycles. The van der Waals surface area contributed by atoms with Crippen molar-refractivity contribution in [3.8, 4) is 0 Å². The van der Waals surface area contributed by atoms with Crippen molar-refractivity contribution in [2.75, 3.05) is 11.9 Å². The zero-order valence-corrected chi connectivity index (χ0v) is 11.0. The van der Waals surface area contributed by atoms with Gasteiger partial charge < -0.3 is 10.4 Å². The van der Waals surface area contributed by atoms with Gasteiger partial charge in [0.15, 0.2) is 0 Å². The molecule has 6 heteroatoms. The van der Waals surface area contributed by atoms with E-state index in [0.29, 0.717) is 11.1 Å². The third-order valence-corrected chi connectivity index (χ3v) is 4.41. The van der Waals surface area contributed by atoms with E-state index in [4.69, 9.17) is 0 Å². The van der Waals surface area contributed by atoms with Gasteiger partial charge in [-0.3, -0.25) is 10.1 Å². The van der Waals surface area contributed by atoms with Gasteiger partial charge in [-0.2, -0.15) is 0 Å². The molecule has 2 aliphatic carbocycles. The van der Waals surface area contributed by atoms with Gasteiger partial charge in [0.25, 0.3) is 5.69 Å². The van der Waals surface area contributed by atoms with Crippen LogP contribution in [0, 0.1) is 21.4 Å². The topological polar surface area (TPSA) is 92.5 Å². The summed E-state index contributed by atoms with van der Waals surface area (Å²) in [5.74, 6) is -0.367. The highest BCUT2D eigenvalue weighted by atomic mass is 16.6. The van der Waals surface area contributed by atoms with Crippen molar-refractivity contribution < 1.29 is 14.8 Å². The Kier molecular flexibility index (Phi) is 2.88. The lowest BCUT2D eigenvalue weighted by atomic mass is 10.0. The quantitative estimate of drug-likeness (QED) is 0.615. The molecule has 0 unspecified atom stereocenters. The first-order valence-electron chi connectivity index (χ1n) is 6.77. The molecule has 2 fully saturated rings. The number of nitrogens with zero attached hydrogens (tertiary/aromatic N) is 1. The Morgan fingerprint density at radius 2 is 2.15 bits per heavy atom. The van der Waals surface area contributed by atoms with Crippen LogP contribution in [0.25, 0.3) is 0 Å². The van der Waals surface area contributed by atoms with Crippen molar-refractivity contribution in [3.05, 3.63) is 33.9 Å². The zero-order chi connectivity index (χ0) is 14.3. The van der Waals surface area contributed by atoms with Crippen molar-refractivity contribution >= 4 is 17.3 Å². The number of hydrogen-bond acceptors (Lipinski definition) is 4.